The van der Waals surface area contributed by atoms with Gasteiger partial charge in [-0.1, -0.05) is 30.3 Å². The molecule has 0 saturated heterocycles. The first kappa shape index (κ1) is 15.6. The predicted octanol–water partition coefficient (Wildman–Crippen LogP) is 4.65. The van der Waals surface area contributed by atoms with Gasteiger partial charge < -0.3 is 0 Å². The van der Waals surface area contributed by atoms with Crippen LogP contribution in [-0.2, 0) is 0 Å². The third-order valence-corrected chi connectivity index (χ3v) is 4.23. The summed E-state index contributed by atoms with van der Waals surface area (Å²) >= 11 is 0. The van der Waals surface area contributed by atoms with Crippen molar-refractivity contribution < 1.29 is 9.85 Å². The van der Waals surface area contributed by atoms with Crippen molar-refractivity contribution in [3.05, 3.63) is 98.1 Å². The van der Waals surface area contributed by atoms with Crippen molar-refractivity contribution in [1.29, 1.82) is 0 Å². The van der Waals surface area contributed by atoms with Crippen molar-refractivity contribution in [2.45, 2.75) is 0 Å². The summed E-state index contributed by atoms with van der Waals surface area (Å²) in [5.74, 6) is 0. The topological polar surface area (TPSA) is 98.6 Å². The van der Waals surface area contributed by atoms with E-state index in [0.717, 1.165) is 0 Å². The summed E-state index contributed by atoms with van der Waals surface area (Å²) in [6.07, 6.45) is 0. The Morgan fingerprint density at radius 3 is 2.19 bits per heavy atom. The lowest BCUT2D eigenvalue weighted by atomic mass is 10.0. The van der Waals surface area contributed by atoms with E-state index in [-0.39, 0.29) is 11.4 Å². The first-order chi connectivity index (χ1) is 12.6. The molecule has 1 aliphatic rings. The Labute approximate surface area is 147 Å². The Balaban J connectivity index is 2.04. The maximum atomic E-state index is 11.5. The Hall–Kier alpha value is -3.87. The molecule has 1 aliphatic carbocycles. The minimum atomic E-state index is -0.488. The molecule has 0 N–H and O–H groups in total. The number of fused-ring (bicyclic) bond motifs is 3. The number of non-ortho nitro benzene ring substituents is 1. The van der Waals surface area contributed by atoms with E-state index in [1.54, 1.807) is 30.3 Å². The normalized spacial score (nSPS) is 13.3. The third kappa shape index (κ3) is 2.42. The van der Waals surface area contributed by atoms with Crippen LogP contribution in [0, 0.1) is 20.2 Å². The molecule has 0 aliphatic heterocycles. The molecule has 0 saturated carbocycles. The SMILES string of the molecule is O=[N+]([O-])c1ccc2c(c1)C(=Nc1ccccc1)c1cccc([N+](=O)[O-])c1-2. The molecule has 0 atom stereocenters. The predicted molar refractivity (Wildman–Crippen MR) is 96.9 cm³/mol. The fourth-order valence-corrected chi connectivity index (χ4v) is 3.13. The standard InChI is InChI=1S/C19H11N3O4/c23-21(24)13-9-10-14-16(11-13)19(20-12-5-2-1-3-6-12)15-7-4-8-17(18(14)15)22(25)26/h1-11H. The van der Waals surface area contributed by atoms with Gasteiger partial charge >= 0.3 is 0 Å². The van der Waals surface area contributed by atoms with Gasteiger partial charge in [0.1, 0.15) is 0 Å². The quantitative estimate of drug-likeness (QED) is 0.398. The number of hydrogen-bond donors (Lipinski definition) is 0. The zero-order valence-electron chi connectivity index (χ0n) is 13.3. The van der Waals surface area contributed by atoms with E-state index in [0.29, 0.717) is 33.7 Å². The highest BCUT2D eigenvalue weighted by Crippen LogP contribution is 2.44. The molecule has 0 bridgehead atoms. The average Bonchev–Trinajstić information content (AvgIpc) is 2.96. The van der Waals surface area contributed by atoms with Crippen LogP contribution < -0.4 is 0 Å². The summed E-state index contributed by atoms with van der Waals surface area (Å²) in [7, 11) is 0. The van der Waals surface area contributed by atoms with Gasteiger partial charge in [0.25, 0.3) is 11.4 Å². The minimum Gasteiger partial charge on any atom is -0.258 e. The largest absolute Gasteiger partial charge is 0.277 e. The molecule has 7 heteroatoms. The third-order valence-electron chi connectivity index (χ3n) is 4.23. The number of benzene rings is 3. The number of aliphatic imine (C=N–C) groups is 1. The lowest BCUT2D eigenvalue weighted by Crippen LogP contribution is -1.99. The van der Waals surface area contributed by atoms with E-state index < -0.39 is 9.85 Å². The van der Waals surface area contributed by atoms with Gasteiger partial charge in [-0.2, -0.15) is 0 Å². The van der Waals surface area contributed by atoms with Crippen LogP contribution in [0.5, 0.6) is 0 Å². The first-order valence-electron chi connectivity index (χ1n) is 7.77. The maximum absolute atomic E-state index is 11.5. The van der Waals surface area contributed by atoms with Crippen molar-refractivity contribution in [3.63, 3.8) is 0 Å². The van der Waals surface area contributed by atoms with E-state index in [1.807, 2.05) is 18.2 Å². The number of nitrogens with zero attached hydrogens (tertiary/aromatic N) is 3. The Morgan fingerprint density at radius 2 is 1.50 bits per heavy atom. The van der Waals surface area contributed by atoms with Gasteiger partial charge in [-0.05, 0) is 23.8 Å². The molecule has 0 fully saturated rings. The van der Waals surface area contributed by atoms with Gasteiger partial charge in [-0.3, -0.25) is 20.2 Å². The molecule has 7 nitrogen and oxygen atoms in total. The van der Waals surface area contributed by atoms with E-state index >= 15 is 0 Å². The summed E-state index contributed by atoms with van der Waals surface area (Å²) in [5.41, 5.74) is 3.17. The van der Waals surface area contributed by atoms with Crippen LogP contribution in [0.4, 0.5) is 17.1 Å². The Kier molecular flexibility index (Phi) is 3.54. The first-order valence-corrected chi connectivity index (χ1v) is 7.77. The molecule has 26 heavy (non-hydrogen) atoms. The monoisotopic (exact) mass is 345 g/mol. The number of para-hydroxylation sites is 1. The minimum absolute atomic E-state index is 0.0455. The summed E-state index contributed by atoms with van der Waals surface area (Å²) < 4.78 is 0. The Morgan fingerprint density at radius 1 is 0.731 bits per heavy atom. The van der Waals surface area contributed by atoms with Gasteiger partial charge in [0.15, 0.2) is 0 Å². The van der Waals surface area contributed by atoms with E-state index in [1.165, 1.54) is 18.2 Å². The van der Waals surface area contributed by atoms with E-state index in [9.17, 15) is 20.2 Å². The molecule has 0 spiro atoms. The molecular weight excluding hydrogens is 334 g/mol. The number of rotatable bonds is 3. The lowest BCUT2D eigenvalue weighted by Gasteiger charge is -2.02. The van der Waals surface area contributed by atoms with Crippen LogP contribution in [0.25, 0.3) is 11.1 Å². The van der Waals surface area contributed by atoms with Gasteiger partial charge in [-0.15, -0.1) is 0 Å². The number of nitro benzene ring substituents is 2. The molecule has 3 aromatic carbocycles. The summed E-state index contributed by atoms with van der Waals surface area (Å²) in [5, 5.41) is 22.6. The highest BCUT2D eigenvalue weighted by Gasteiger charge is 2.32. The average molecular weight is 345 g/mol. The number of nitro groups is 2. The smallest absolute Gasteiger partial charge is 0.258 e. The van der Waals surface area contributed by atoms with Crippen LogP contribution in [0.3, 0.4) is 0 Å². The molecule has 3 aromatic rings. The zero-order valence-corrected chi connectivity index (χ0v) is 13.3. The lowest BCUT2D eigenvalue weighted by molar-refractivity contribution is -0.385. The fourth-order valence-electron chi connectivity index (χ4n) is 3.13. The molecule has 0 heterocycles. The van der Waals surface area contributed by atoms with E-state index in [4.69, 9.17) is 0 Å². The van der Waals surface area contributed by atoms with Crippen LogP contribution in [0.15, 0.2) is 71.7 Å². The molecule has 0 radical (unpaired) electrons. The summed E-state index contributed by atoms with van der Waals surface area (Å²) in [6.45, 7) is 0. The molecule has 4 rings (SSSR count). The number of hydrogen-bond acceptors (Lipinski definition) is 5. The van der Waals surface area contributed by atoms with Crippen LogP contribution >= 0.6 is 0 Å². The van der Waals surface area contributed by atoms with E-state index in [2.05, 4.69) is 4.99 Å². The second kappa shape index (κ2) is 5.89. The molecule has 0 unspecified atom stereocenters. The van der Waals surface area contributed by atoms with Crippen molar-refractivity contribution >= 4 is 22.8 Å². The van der Waals surface area contributed by atoms with Gasteiger partial charge in [0.05, 0.1) is 26.8 Å². The zero-order chi connectivity index (χ0) is 18.3. The van der Waals surface area contributed by atoms with Crippen molar-refractivity contribution in [1.82, 2.24) is 0 Å². The van der Waals surface area contributed by atoms with Gasteiger partial charge in [0.2, 0.25) is 0 Å². The van der Waals surface area contributed by atoms with Crippen LogP contribution in [-0.4, -0.2) is 15.6 Å². The summed E-state index contributed by atoms with van der Waals surface area (Å²) in [4.78, 5) is 26.3. The van der Waals surface area contributed by atoms with Crippen molar-refractivity contribution in [3.8, 4) is 11.1 Å². The molecule has 126 valence electrons. The second-order valence-corrected chi connectivity index (χ2v) is 5.74. The second-order valence-electron chi connectivity index (χ2n) is 5.74. The highest BCUT2D eigenvalue weighted by atomic mass is 16.6. The fraction of sp³-hybridized carbons (Fsp3) is 0. The maximum Gasteiger partial charge on any atom is 0.277 e. The summed E-state index contributed by atoms with van der Waals surface area (Å²) in [6, 6.07) is 18.2. The van der Waals surface area contributed by atoms with Crippen LogP contribution in [0.1, 0.15) is 11.1 Å². The molecule has 0 aromatic heterocycles. The highest BCUT2D eigenvalue weighted by molar-refractivity contribution is 6.26. The van der Waals surface area contributed by atoms with Crippen molar-refractivity contribution in [2.75, 3.05) is 0 Å². The van der Waals surface area contributed by atoms with Gasteiger partial charge in [0, 0.05) is 29.3 Å². The molecule has 0 amide bonds. The van der Waals surface area contributed by atoms with Gasteiger partial charge in [-0.25, -0.2) is 4.99 Å². The van der Waals surface area contributed by atoms with Crippen LogP contribution in [0.2, 0.25) is 0 Å². The van der Waals surface area contributed by atoms with Crippen molar-refractivity contribution in [2.24, 2.45) is 4.99 Å². The Bertz CT molecular complexity index is 1090. The molecular formula is C19H11N3O4.